The molecular formula is C17H19BO. The molecule has 0 aliphatic rings. The van der Waals surface area contributed by atoms with E-state index in [2.05, 4.69) is 37.9 Å². The second-order valence-corrected chi connectivity index (χ2v) is 5.19. The Morgan fingerprint density at radius 1 is 0.947 bits per heavy atom. The van der Waals surface area contributed by atoms with E-state index in [1.165, 1.54) is 11.0 Å². The molecule has 0 heterocycles. The monoisotopic (exact) mass is 250 g/mol. The Kier molecular flexibility index (Phi) is 4.56. The molecule has 1 nitrogen and oxygen atoms in total. The van der Waals surface area contributed by atoms with E-state index in [-0.39, 0.29) is 5.78 Å². The van der Waals surface area contributed by atoms with Gasteiger partial charge in [0, 0.05) is 12.0 Å². The molecule has 0 atom stereocenters. The SMILES string of the molecule is CB(C)c1ccc(C(=O)CCc2ccccc2)cc1. The third-order valence-corrected chi connectivity index (χ3v) is 3.38. The zero-order chi connectivity index (χ0) is 13.7. The van der Waals surface area contributed by atoms with Gasteiger partial charge in [0.2, 0.25) is 0 Å². The van der Waals surface area contributed by atoms with Gasteiger partial charge in [0.15, 0.2) is 12.5 Å². The Bertz CT molecular complexity index is 529. The number of aryl methyl sites for hydroxylation is 1. The smallest absolute Gasteiger partial charge is 0.169 e. The van der Waals surface area contributed by atoms with Gasteiger partial charge >= 0.3 is 0 Å². The molecule has 0 fully saturated rings. The minimum absolute atomic E-state index is 0.221. The minimum Gasteiger partial charge on any atom is -0.294 e. The van der Waals surface area contributed by atoms with Crippen molar-refractivity contribution in [3.8, 4) is 0 Å². The number of carbonyl (C=O) groups excluding carboxylic acids is 1. The average Bonchev–Trinajstić information content (AvgIpc) is 2.46. The predicted molar refractivity (Wildman–Crippen MR) is 82.7 cm³/mol. The largest absolute Gasteiger partial charge is 0.294 e. The van der Waals surface area contributed by atoms with Crippen molar-refractivity contribution in [2.45, 2.75) is 26.5 Å². The molecule has 0 aromatic heterocycles. The van der Waals surface area contributed by atoms with Crippen LogP contribution in [0.15, 0.2) is 54.6 Å². The van der Waals surface area contributed by atoms with E-state index < -0.39 is 0 Å². The van der Waals surface area contributed by atoms with E-state index in [0.717, 1.165) is 12.0 Å². The molecule has 0 N–H and O–H groups in total. The van der Waals surface area contributed by atoms with Crippen molar-refractivity contribution >= 4 is 18.0 Å². The van der Waals surface area contributed by atoms with E-state index in [9.17, 15) is 4.79 Å². The first-order valence-corrected chi connectivity index (χ1v) is 6.84. The van der Waals surface area contributed by atoms with Crippen LogP contribution in [-0.4, -0.2) is 12.5 Å². The van der Waals surface area contributed by atoms with Gasteiger partial charge in [-0.3, -0.25) is 4.79 Å². The number of carbonyl (C=O) groups is 1. The molecule has 0 radical (unpaired) electrons. The fourth-order valence-corrected chi connectivity index (χ4v) is 2.10. The fraction of sp³-hybridized carbons (Fsp3) is 0.235. The van der Waals surface area contributed by atoms with Gasteiger partial charge in [-0.05, 0) is 12.0 Å². The van der Waals surface area contributed by atoms with Crippen LogP contribution in [0.2, 0.25) is 13.6 Å². The minimum atomic E-state index is 0.221. The predicted octanol–water partition coefficient (Wildman–Crippen LogP) is 3.46. The van der Waals surface area contributed by atoms with Gasteiger partial charge < -0.3 is 0 Å². The summed E-state index contributed by atoms with van der Waals surface area (Å²) < 4.78 is 0. The van der Waals surface area contributed by atoms with Crippen LogP contribution in [0.5, 0.6) is 0 Å². The standard InChI is InChI=1S/C17H19BO/c1-18(2)16-11-9-15(10-12-16)17(19)13-8-14-6-4-3-5-7-14/h3-7,9-12H,8,13H2,1-2H3. The maximum atomic E-state index is 12.1. The lowest BCUT2D eigenvalue weighted by Crippen LogP contribution is -2.22. The van der Waals surface area contributed by atoms with Gasteiger partial charge in [0.1, 0.15) is 0 Å². The molecule has 2 rings (SSSR count). The van der Waals surface area contributed by atoms with Crippen molar-refractivity contribution in [2.24, 2.45) is 0 Å². The van der Waals surface area contributed by atoms with Crippen LogP contribution in [0.3, 0.4) is 0 Å². The Balaban J connectivity index is 1.96. The van der Waals surface area contributed by atoms with Crippen LogP contribution >= 0.6 is 0 Å². The van der Waals surface area contributed by atoms with E-state index in [1.54, 1.807) is 0 Å². The maximum Gasteiger partial charge on any atom is 0.169 e. The molecule has 0 aliphatic heterocycles. The summed E-state index contributed by atoms with van der Waals surface area (Å²) in [7, 11) is 0. The molecule has 2 aromatic rings. The summed E-state index contributed by atoms with van der Waals surface area (Å²) in [6.45, 7) is 4.83. The lowest BCUT2D eigenvalue weighted by atomic mass is 9.49. The van der Waals surface area contributed by atoms with Crippen LogP contribution in [0.1, 0.15) is 22.3 Å². The van der Waals surface area contributed by atoms with Gasteiger partial charge in [-0.2, -0.15) is 0 Å². The molecule has 0 amide bonds. The number of benzene rings is 2. The first-order valence-electron chi connectivity index (χ1n) is 6.84. The summed E-state index contributed by atoms with van der Waals surface area (Å²) in [4.78, 5) is 12.1. The van der Waals surface area contributed by atoms with Crippen LogP contribution in [0.4, 0.5) is 0 Å². The molecule has 0 bridgehead atoms. The number of hydrogen-bond acceptors (Lipinski definition) is 1. The van der Waals surface area contributed by atoms with Crippen LogP contribution in [0, 0.1) is 0 Å². The highest BCUT2D eigenvalue weighted by Gasteiger charge is 2.08. The van der Waals surface area contributed by atoms with Crippen molar-refractivity contribution in [3.05, 3.63) is 65.7 Å². The summed E-state index contributed by atoms with van der Waals surface area (Å²) >= 11 is 0. The van der Waals surface area contributed by atoms with E-state index in [0.29, 0.717) is 13.1 Å². The average molecular weight is 250 g/mol. The van der Waals surface area contributed by atoms with Gasteiger partial charge in [0.05, 0.1) is 0 Å². The highest BCUT2D eigenvalue weighted by atomic mass is 16.1. The third kappa shape index (κ3) is 3.82. The summed E-state index contributed by atoms with van der Waals surface area (Å²) in [6.07, 6.45) is 1.39. The molecule has 2 heteroatoms. The Hall–Kier alpha value is -1.83. The maximum absolute atomic E-state index is 12.1. The highest BCUT2D eigenvalue weighted by molar-refractivity contribution is 6.70. The zero-order valence-electron chi connectivity index (χ0n) is 11.6. The molecule has 19 heavy (non-hydrogen) atoms. The molecule has 0 unspecified atom stereocenters. The van der Waals surface area contributed by atoms with Crippen LogP contribution < -0.4 is 5.46 Å². The zero-order valence-corrected chi connectivity index (χ0v) is 11.6. The Morgan fingerprint density at radius 3 is 2.16 bits per heavy atom. The fourth-order valence-electron chi connectivity index (χ4n) is 2.10. The van der Waals surface area contributed by atoms with E-state index in [4.69, 9.17) is 0 Å². The van der Waals surface area contributed by atoms with E-state index >= 15 is 0 Å². The second-order valence-electron chi connectivity index (χ2n) is 5.19. The van der Waals surface area contributed by atoms with Crippen LogP contribution in [-0.2, 0) is 6.42 Å². The third-order valence-electron chi connectivity index (χ3n) is 3.38. The van der Waals surface area contributed by atoms with Crippen molar-refractivity contribution in [1.82, 2.24) is 0 Å². The second kappa shape index (κ2) is 6.37. The number of ketones is 1. The topological polar surface area (TPSA) is 17.1 Å². The lowest BCUT2D eigenvalue weighted by Gasteiger charge is -2.05. The molecule has 96 valence electrons. The molecule has 2 aromatic carbocycles. The van der Waals surface area contributed by atoms with Crippen molar-refractivity contribution in [3.63, 3.8) is 0 Å². The lowest BCUT2D eigenvalue weighted by molar-refractivity contribution is 0.0983. The Labute approximate surface area is 115 Å². The summed E-state index contributed by atoms with van der Waals surface area (Å²) in [5.41, 5.74) is 3.31. The normalized spacial score (nSPS) is 10.2. The number of Topliss-reactive ketones (excluding diaryl/α,β-unsaturated/α-hetero) is 1. The first kappa shape index (κ1) is 13.6. The number of hydrogen-bond donors (Lipinski definition) is 0. The summed E-state index contributed by atoms with van der Waals surface area (Å²) in [5, 5.41) is 0. The van der Waals surface area contributed by atoms with E-state index in [1.807, 2.05) is 30.3 Å². The van der Waals surface area contributed by atoms with Crippen molar-refractivity contribution in [2.75, 3.05) is 0 Å². The van der Waals surface area contributed by atoms with Gasteiger partial charge in [-0.15, -0.1) is 0 Å². The quantitative estimate of drug-likeness (QED) is 0.586. The van der Waals surface area contributed by atoms with Crippen LogP contribution in [0.25, 0.3) is 0 Å². The molecule has 0 saturated heterocycles. The molecular weight excluding hydrogens is 231 g/mol. The first-order chi connectivity index (χ1) is 9.16. The molecule has 0 spiro atoms. The van der Waals surface area contributed by atoms with Gasteiger partial charge in [-0.25, -0.2) is 0 Å². The number of rotatable bonds is 5. The molecule has 0 aliphatic carbocycles. The van der Waals surface area contributed by atoms with Gasteiger partial charge in [-0.1, -0.05) is 73.7 Å². The van der Waals surface area contributed by atoms with Crippen molar-refractivity contribution < 1.29 is 4.79 Å². The van der Waals surface area contributed by atoms with Crippen molar-refractivity contribution in [1.29, 1.82) is 0 Å². The Morgan fingerprint density at radius 2 is 1.58 bits per heavy atom. The summed E-state index contributed by atoms with van der Waals surface area (Å²) in [6, 6.07) is 18.2. The summed E-state index contributed by atoms with van der Waals surface area (Å²) in [5.74, 6) is 0.221. The highest BCUT2D eigenvalue weighted by Crippen LogP contribution is 2.08. The molecule has 0 saturated carbocycles. The van der Waals surface area contributed by atoms with Gasteiger partial charge in [0.25, 0.3) is 0 Å².